The van der Waals surface area contributed by atoms with E-state index in [2.05, 4.69) is 102 Å². The Morgan fingerprint density at radius 2 is 1.35 bits per heavy atom. The third-order valence-corrected chi connectivity index (χ3v) is 5.30. The van der Waals surface area contributed by atoms with Crippen molar-refractivity contribution in [3.63, 3.8) is 0 Å². The van der Waals surface area contributed by atoms with E-state index in [1.54, 1.807) is 0 Å². The summed E-state index contributed by atoms with van der Waals surface area (Å²) in [6.07, 6.45) is 2.17. The first-order valence-electron chi connectivity index (χ1n) is 9.01. The smallest absolute Gasteiger partial charge is 0.0459 e. The summed E-state index contributed by atoms with van der Waals surface area (Å²) >= 11 is 0. The van der Waals surface area contributed by atoms with Crippen LogP contribution < -0.4 is 0 Å². The van der Waals surface area contributed by atoms with Crippen LogP contribution >= 0.6 is 0 Å². The van der Waals surface area contributed by atoms with Gasteiger partial charge in [-0.2, -0.15) is 0 Å². The maximum Gasteiger partial charge on any atom is 0.0459 e. The van der Waals surface area contributed by atoms with E-state index in [1.165, 1.54) is 44.2 Å². The number of aromatic nitrogens is 2. The molecule has 0 bridgehead atoms. The van der Waals surface area contributed by atoms with Crippen molar-refractivity contribution < 1.29 is 0 Å². The molecule has 0 fully saturated rings. The van der Waals surface area contributed by atoms with Crippen LogP contribution in [0.5, 0.6) is 0 Å². The number of benzene rings is 3. The Morgan fingerprint density at radius 1 is 0.692 bits per heavy atom. The summed E-state index contributed by atoms with van der Waals surface area (Å²) in [5, 5.41) is 2.58. The van der Waals surface area contributed by atoms with Crippen LogP contribution in [0.25, 0.3) is 21.8 Å². The summed E-state index contributed by atoms with van der Waals surface area (Å²) in [5.41, 5.74) is 7.59. The fraction of sp³-hybridized carbons (Fsp3) is 0.0833. The second kappa shape index (κ2) is 5.92. The largest absolute Gasteiger partial charge is 0.361 e. The quantitative estimate of drug-likeness (QED) is 0.397. The Labute approximate surface area is 152 Å². The van der Waals surface area contributed by atoms with Crippen LogP contribution in [0, 0.1) is 6.92 Å². The molecule has 0 radical (unpaired) electrons. The number of para-hydroxylation sites is 2. The van der Waals surface area contributed by atoms with Crippen molar-refractivity contribution >= 4 is 21.8 Å². The van der Waals surface area contributed by atoms with Crippen LogP contribution in [0.4, 0.5) is 0 Å². The highest BCUT2D eigenvalue weighted by Gasteiger charge is 2.24. The minimum Gasteiger partial charge on any atom is -0.361 e. The Bertz CT molecular complexity index is 1190. The molecule has 3 aromatic carbocycles. The number of H-pyrrole nitrogens is 2. The number of aromatic amines is 2. The Hall–Kier alpha value is -3.26. The molecular weight excluding hydrogens is 316 g/mol. The maximum absolute atomic E-state index is 3.58. The van der Waals surface area contributed by atoms with Crippen molar-refractivity contribution in [2.24, 2.45) is 0 Å². The maximum atomic E-state index is 3.58. The highest BCUT2D eigenvalue weighted by atomic mass is 14.7. The van der Waals surface area contributed by atoms with Gasteiger partial charge in [-0.1, -0.05) is 66.7 Å². The molecule has 0 saturated heterocycles. The number of fused-ring (bicyclic) bond motifs is 2. The second-order valence-electron chi connectivity index (χ2n) is 6.84. The van der Waals surface area contributed by atoms with Gasteiger partial charge in [-0.3, -0.25) is 0 Å². The zero-order valence-corrected chi connectivity index (χ0v) is 14.7. The van der Waals surface area contributed by atoms with Gasteiger partial charge in [0.1, 0.15) is 0 Å². The molecule has 0 saturated carbocycles. The molecule has 26 heavy (non-hydrogen) atoms. The number of hydrogen-bond acceptors (Lipinski definition) is 0. The van der Waals surface area contributed by atoms with Gasteiger partial charge >= 0.3 is 0 Å². The third-order valence-electron chi connectivity index (χ3n) is 5.30. The van der Waals surface area contributed by atoms with Crippen LogP contribution in [0.2, 0.25) is 0 Å². The summed E-state index contributed by atoms with van der Waals surface area (Å²) < 4.78 is 0. The predicted octanol–water partition coefficient (Wildman–Crippen LogP) is 6.14. The molecule has 1 unspecified atom stereocenters. The first-order valence-corrected chi connectivity index (χ1v) is 9.01. The van der Waals surface area contributed by atoms with Gasteiger partial charge < -0.3 is 9.97 Å². The van der Waals surface area contributed by atoms with E-state index < -0.39 is 0 Å². The first kappa shape index (κ1) is 15.0. The lowest BCUT2D eigenvalue weighted by molar-refractivity contribution is 0.978. The van der Waals surface area contributed by atoms with Crippen LogP contribution in [-0.4, -0.2) is 9.97 Å². The number of rotatable bonds is 3. The Kier molecular flexibility index (Phi) is 3.42. The number of aryl methyl sites for hydroxylation is 1. The molecule has 0 aliphatic rings. The van der Waals surface area contributed by atoms with Crippen LogP contribution in [0.3, 0.4) is 0 Å². The molecule has 5 aromatic rings. The van der Waals surface area contributed by atoms with Crippen molar-refractivity contribution in [1.82, 2.24) is 9.97 Å². The van der Waals surface area contributed by atoms with Crippen molar-refractivity contribution in [1.29, 1.82) is 0 Å². The van der Waals surface area contributed by atoms with Crippen LogP contribution in [-0.2, 0) is 0 Å². The van der Waals surface area contributed by atoms with Crippen molar-refractivity contribution in [2.75, 3.05) is 0 Å². The van der Waals surface area contributed by atoms with Gasteiger partial charge in [0.05, 0.1) is 0 Å². The van der Waals surface area contributed by atoms with Gasteiger partial charge in [0.25, 0.3) is 0 Å². The first-order chi connectivity index (χ1) is 12.8. The second-order valence-corrected chi connectivity index (χ2v) is 6.84. The zero-order valence-electron chi connectivity index (χ0n) is 14.7. The zero-order chi connectivity index (χ0) is 17.5. The van der Waals surface area contributed by atoms with E-state index in [4.69, 9.17) is 0 Å². The summed E-state index contributed by atoms with van der Waals surface area (Å²) in [6.45, 7) is 2.18. The van der Waals surface area contributed by atoms with Gasteiger partial charge in [0.2, 0.25) is 0 Å². The lowest BCUT2D eigenvalue weighted by Gasteiger charge is -2.18. The lowest BCUT2D eigenvalue weighted by atomic mass is 9.83. The molecule has 0 spiro atoms. The van der Waals surface area contributed by atoms with Crippen molar-refractivity contribution in [3.8, 4) is 0 Å². The lowest BCUT2D eigenvalue weighted by Crippen LogP contribution is -2.04. The summed E-state index contributed by atoms with van der Waals surface area (Å²) in [4.78, 5) is 7.03. The van der Waals surface area contributed by atoms with Gasteiger partial charge in [-0.15, -0.1) is 0 Å². The van der Waals surface area contributed by atoms with E-state index in [9.17, 15) is 0 Å². The molecule has 2 N–H and O–H groups in total. The molecule has 0 aliphatic heterocycles. The van der Waals surface area contributed by atoms with E-state index in [-0.39, 0.29) is 5.92 Å². The van der Waals surface area contributed by atoms with Crippen molar-refractivity contribution in [2.45, 2.75) is 12.8 Å². The van der Waals surface area contributed by atoms with E-state index in [1.807, 2.05) is 0 Å². The molecular formula is C24H20N2. The Morgan fingerprint density at radius 3 is 2.15 bits per heavy atom. The molecule has 5 rings (SSSR count). The SMILES string of the molecule is Cc1[nH]c2ccccc2c1C(c1ccccc1)c1c[nH]c2ccccc12. The highest BCUT2D eigenvalue weighted by Crippen LogP contribution is 2.40. The monoisotopic (exact) mass is 336 g/mol. The van der Waals surface area contributed by atoms with E-state index >= 15 is 0 Å². The Balaban J connectivity index is 1.84. The fourth-order valence-electron chi connectivity index (χ4n) is 4.15. The van der Waals surface area contributed by atoms with E-state index in [0.717, 1.165) is 0 Å². The average Bonchev–Trinajstić information content (AvgIpc) is 3.25. The minimum atomic E-state index is 0.184. The molecule has 0 aliphatic carbocycles. The molecule has 1 atom stereocenters. The van der Waals surface area contributed by atoms with Crippen molar-refractivity contribution in [3.05, 3.63) is 107 Å². The van der Waals surface area contributed by atoms with Gasteiger partial charge in [-0.25, -0.2) is 0 Å². The van der Waals surface area contributed by atoms with Crippen LogP contribution in [0.1, 0.15) is 28.3 Å². The van der Waals surface area contributed by atoms with Crippen LogP contribution in [0.15, 0.2) is 85.1 Å². The van der Waals surface area contributed by atoms with Gasteiger partial charge in [-0.05, 0) is 35.7 Å². The molecule has 2 heteroatoms. The summed E-state index contributed by atoms with van der Waals surface area (Å²) in [5.74, 6) is 0.184. The minimum absolute atomic E-state index is 0.184. The normalized spacial score (nSPS) is 12.7. The fourth-order valence-corrected chi connectivity index (χ4v) is 4.15. The third kappa shape index (κ3) is 2.26. The number of nitrogens with one attached hydrogen (secondary N) is 2. The van der Waals surface area contributed by atoms with E-state index in [0.29, 0.717) is 0 Å². The molecule has 2 heterocycles. The van der Waals surface area contributed by atoms with Gasteiger partial charge in [0.15, 0.2) is 0 Å². The summed E-state index contributed by atoms with van der Waals surface area (Å²) in [7, 11) is 0. The standard InChI is InChI=1S/C24H20N2/c1-16-23(19-12-6-8-14-22(19)26-16)24(17-9-3-2-4-10-17)20-15-25-21-13-7-5-11-18(20)21/h2-15,24-26H,1H3. The summed E-state index contributed by atoms with van der Waals surface area (Å²) in [6, 6.07) is 27.9. The molecule has 0 amide bonds. The average molecular weight is 336 g/mol. The topological polar surface area (TPSA) is 31.6 Å². The molecule has 2 aromatic heterocycles. The molecule has 2 nitrogen and oxygen atoms in total. The molecule has 126 valence electrons. The highest BCUT2D eigenvalue weighted by molar-refractivity contribution is 5.90. The predicted molar refractivity (Wildman–Crippen MR) is 109 cm³/mol. The van der Waals surface area contributed by atoms with Gasteiger partial charge in [0, 0.05) is 39.6 Å². The number of hydrogen-bond donors (Lipinski definition) is 2.